The molecule has 0 aliphatic heterocycles. The van der Waals surface area contributed by atoms with Crippen molar-refractivity contribution in [1.82, 2.24) is 9.80 Å². The number of hydrogen-bond acceptors (Lipinski definition) is 3. The van der Waals surface area contributed by atoms with Gasteiger partial charge in [-0.1, -0.05) is 19.9 Å². The third-order valence-electron chi connectivity index (χ3n) is 2.96. The summed E-state index contributed by atoms with van der Waals surface area (Å²) in [6.07, 6.45) is 0. The van der Waals surface area contributed by atoms with Gasteiger partial charge in [-0.15, -0.1) is 0 Å². The molecular weight excluding hydrogens is 241 g/mol. The molecule has 1 aromatic carbocycles. The second kappa shape index (κ2) is 7.46. The zero-order chi connectivity index (χ0) is 14.4. The molecule has 0 fully saturated rings. The lowest BCUT2D eigenvalue weighted by atomic mass is 10.1. The summed E-state index contributed by atoms with van der Waals surface area (Å²) >= 11 is 0. The van der Waals surface area contributed by atoms with Gasteiger partial charge < -0.3 is 10.6 Å². The minimum Gasteiger partial charge on any atom is -0.399 e. The van der Waals surface area contributed by atoms with E-state index in [0.29, 0.717) is 23.7 Å². The van der Waals surface area contributed by atoms with Crippen LogP contribution in [0.2, 0.25) is 0 Å². The molecule has 1 rings (SSSR count). The molecule has 108 valence electrons. The number of halogens is 1. The van der Waals surface area contributed by atoms with E-state index in [1.54, 1.807) is 12.1 Å². The molecule has 0 heterocycles. The van der Waals surface area contributed by atoms with Crippen LogP contribution in [-0.4, -0.2) is 43.5 Å². The largest absolute Gasteiger partial charge is 0.399 e. The van der Waals surface area contributed by atoms with Crippen LogP contribution in [-0.2, 0) is 6.54 Å². The Balaban J connectivity index is 2.69. The second-order valence-corrected chi connectivity index (χ2v) is 5.78. The third-order valence-corrected chi connectivity index (χ3v) is 2.96. The molecule has 0 spiro atoms. The van der Waals surface area contributed by atoms with E-state index in [1.165, 1.54) is 6.07 Å². The zero-order valence-electron chi connectivity index (χ0n) is 12.5. The standard InChI is InChI=1S/C15H26FN3/c1-12(2)10-19(8-7-18(3)4)11-13-5-6-14(17)9-15(13)16/h5-6,9,12H,7-8,10-11,17H2,1-4H3. The topological polar surface area (TPSA) is 32.5 Å². The molecule has 0 bridgehead atoms. The van der Waals surface area contributed by atoms with E-state index in [-0.39, 0.29) is 5.82 Å². The average molecular weight is 267 g/mol. The van der Waals surface area contributed by atoms with Crippen molar-refractivity contribution in [2.75, 3.05) is 39.5 Å². The summed E-state index contributed by atoms with van der Waals surface area (Å²) in [5.74, 6) is 0.359. The minimum absolute atomic E-state index is 0.210. The Morgan fingerprint density at radius 2 is 1.89 bits per heavy atom. The smallest absolute Gasteiger partial charge is 0.129 e. The third kappa shape index (κ3) is 6.03. The summed E-state index contributed by atoms with van der Waals surface area (Å²) in [5.41, 5.74) is 6.77. The van der Waals surface area contributed by atoms with E-state index in [9.17, 15) is 4.39 Å². The van der Waals surface area contributed by atoms with Crippen LogP contribution in [0.3, 0.4) is 0 Å². The molecule has 0 unspecified atom stereocenters. The minimum atomic E-state index is -0.210. The van der Waals surface area contributed by atoms with Gasteiger partial charge in [-0.3, -0.25) is 4.90 Å². The number of nitrogens with two attached hydrogens (primary N) is 1. The number of likely N-dealkylation sites (N-methyl/N-ethyl adjacent to an activating group) is 1. The fraction of sp³-hybridized carbons (Fsp3) is 0.600. The number of nitrogen functional groups attached to an aromatic ring is 1. The summed E-state index contributed by atoms with van der Waals surface area (Å²) in [6, 6.07) is 4.94. The Bertz CT molecular complexity index is 391. The first-order valence-electron chi connectivity index (χ1n) is 6.79. The molecule has 0 aliphatic rings. The van der Waals surface area contributed by atoms with Crippen molar-refractivity contribution in [3.63, 3.8) is 0 Å². The average Bonchev–Trinajstić information content (AvgIpc) is 2.28. The van der Waals surface area contributed by atoms with E-state index >= 15 is 0 Å². The number of anilines is 1. The highest BCUT2D eigenvalue weighted by Gasteiger charge is 2.11. The number of nitrogens with zero attached hydrogens (tertiary/aromatic N) is 2. The van der Waals surface area contributed by atoms with E-state index in [0.717, 1.165) is 19.6 Å². The molecule has 0 atom stereocenters. The Hall–Kier alpha value is -1.13. The number of hydrogen-bond donors (Lipinski definition) is 1. The Labute approximate surface area is 116 Å². The quantitative estimate of drug-likeness (QED) is 0.770. The summed E-state index contributed by atoms with van der Waals surface area (Å²) < 4.78 is 13.8. The molecule has 0 saturated carbocycles. The van der Waals surface area contributed by atoms with Crippen molar-refractivity contribution in [2.45, 2.75) is 20.4 Å². The van der Waals surface area contributed by atoms with Crippen LogP contribution in [0.15, 0.2) is 18.2 Å². The Morgan fingerprint density at radius 3 is 2.42 bits per heavy atom. The van der Waals surface area contributed by atoms with Gasteiger partial charge in [0, 0.05) is 37.4 Å². The predicted octanol–water partition coefficient (Wildman–Crippen LogP) is 2.43. The van der Waals surface area contributed by atoms with Gasteiger partial charge >= 0.3 is 0 Å². The van der Waals surface area contributed by atoms with E-state index in [1.807, 2.05) is 0 Å². The molecule has 0 aliphatic carbocycles. The van der Waals surface area contributed by atoms with Crippen molar-refractivity contribution in [1.29, 1.82) is 0 Å². The highest BCUT2D eigenvalue weighted by molar-refractivity contribution is 5.40. The van der Waals surface area contributed by atoms with Gasteiger partial charge in [0.2, 0.25) is 0 Å². The van der Waals surface area contributed by atoms with Crippen LogP contribution in [0, 0.1) is 11.7 Å². The highest BCUT2D eigenvalue weighted by Crippen LogP contribution is 2.15. The first-order chi connectivity index (χ1) is 8.88. The SMILES string of the molecule is CC(C)CN(CCN(C)C)Cc1ccc(N)cc1F. The zero-order valence-corrected chi connectivity index (χ0v) is 12.5. The second-order valence-electron chi connectivity index (χ2n) is 5.78. The number of benzene rings is 1. The fourth-order valence-corrected chi connectivity index (χ4v) is 2.03. The van der Waals surface area contributed by atoms with E-state index in [2.05, 4.69) is 37.7 Å². The highest BCUT2D eigenvalue weighted by atomic mass is 19.1. The van der Waals surface area contributed by atoms with Crippen molar-refractivity contribution < 1.29 is 4.39 Å². The number of rotatable bonds is 7. The maximum atomic E-state index is 13.8. The van der Waals surface area contributed by atoms with Gasteiger partial charge in [-0.2, -0.15) is 0 Å². The van der Waals surface area contributed by atoms with Crippen LogP contribution >= 0.6 is 0 Å². The lowest BCUT2D eigenvalue weighted by Crippen LogP contribution is -2.34. The molecule has 3 nitrogen and oxygen atoms in total. The van der Waals surface area contributed by atoms with Gasteiger partial charge in [0.1, 0.15) is 5.82 Å². The predicted molar refractivity (Wildman–Crippen MR) is 79.5 cm³/mol. The molecule has 19 heavy (non-hydrogen) atoms. The van der Waals surface area contributed by atoms with Crippen LogP contribution in [0.5, 0.6) is 0 Å². The first-order valence-corrected chi connectivity index (χ1v) is 6.79. The van der Waals surface area contributed by atoms with Crippen LogP contribution < -0.4 is 5.73 Å². The molecule has 0 saturated heterocycles. The molecule has 4 heteroatoms. The van der Waals surface area contributed by atoms with Gasteiger partial charge in [0.25, 0.3) is 0 Å². The molecule has 0 radical (unpaired) electrons. The summed E-state index contributed by atoms with van der Waals surface area (Å²) in [6.45, 7) is 7.89. The van der Waals surface area contributed by atoms with E-state index in [4.69, 9.17) is 5.73 Å². The summed E-state index contributed by atoms with van der Waals surface area (Å²) in [4.78, 5) is 4.44. The first kappa shape index (κ1) is 15.9. The lowest BCUT2D eigenvalue weighted by Gasteiger charge is -2.26. The molecule has 0 amide bonds. The molecule has 2 N–H and O–H groups in total. The Kier molecular flexibility index (Phi) is 6.25. The van der Waals surface area contributed by atoms with Crippen LogP contribution in [0.4, 0.5) is 10.1 Å². The van der Waals surface area contributed by atoms with Gasteiger partial charge in [-0.05, 0) is 32.1 Å². The molecular formula is C15H26FN3. The van der Waals surface area contributed by atoms with Crippen molar-refractivity contribution in [2.24, 2.45) is 5.92 Å². The van der Waals surface area contributed by atoms with Gasteiger partial charge in [-0.25, -0.2) is 4.39 Å². The normalized spacial score (nSPS) is 11.8. The summed E-state index contributed by atoms with van der Waals surface area (Å²) in [5, 5.41) is 0. The van der Waals surface area contributed by atoms with Gasteiger partial charge in [0.05, 0.1) is 0 Å². The molecule has 0 aromatic heterocycles. The maximum Gasteiger partial charge on any atom is 0.129 e. The summed E-state index contributed by atoms with van der Waals surface area (Å²) in [7, 11) is 4.11. The Morgan fingerprint density at radius 1 is 1.21 bits per heavy atom. The van der Waals surface area contributed by atoms with Crippen molar-refractivity contribution in [3.8, 4) is 0 Å². The van der Waals surface area contributed by atoms with Crippen molar-refractivity contribution in [3.05, 3.63) is 29.6 Å². The maximum absolute atomic E-state index is 13.8. The fourth-order valence-electron chi connectivity index (χ4n) is 2.03. The van der Waals surface area contributed by atoms with Crippen LogP contribution in [0.1, 0.15) is 19.4 Å². The monoisotopic (exact) mass is 267 g/mol. The van der Waals surface area contributed by atoms with Gasteiger partial charge in [0.15, 0.2) is 0 Å². The van der Waals surface area contributed by atoms with E-state index < -0.39 is 0 Å². The van der Waals surface area contributed by atoms with Crippen molar-refractivity contribution >= 4 is 5.69 Å². The van der Waals surface area contributed by atoms with Crippen LogP contribution in [0.25, 0.3) is 0 Å². The molecule has 1 aromatic rings. The lowest BCUT2D eigenvalue weighted by molar-refractivity contribution is 0.209.